The van der Waals surface area contributed by atoms with E-state index in [2.05, 4.69) is 0 Å². The molecule has 8 heteroatoms. The van der Waals surface area contributed by atoms with Crippen LogP contribution in [0, 0.1) is 6.92 Å². The number of carbonyl (C=O) groups excluding carboxylic acids is 2. The molecule has 1 aliphatic heterocycles. The van der Waals surface area contributed by atoms with E-state index in [0.717, 1.165) is 11.1 Å². The average Bonchev–Trinajstić information content (AvgIpc) is 3.01. The van der Waals surface area contributed by atoms with Gasteiger partial charge in [-0.05, 0) is 50.5 Å². The van der Waals surface area contributed by atoms with Gasteiger partial charge in [-0.15, -0.1) is 0 Å². The van der Waals surface area contributed by atoms with E-state index in [-0.39, 0.29) is 38.8 Å². The molecule has 1 atom stereocenters. The second-order valence-electron chi connectivity index (χ2n) is 8.10. The standard InChI is InChI=1S/C25H27Cl2NO5/c1-14(2)33-11-7-10-28-21(17-9-6-5-8-15(17)3)20(23(30)25(28)31)22(29)16-12-18(26)24(32-4)19(27)13-16/h5-6,8-9,12-14,21,29H,7,10-11H2,1-4H3/b22-20+. The van der Waals surface area contributed by atoms with Gasteiger partial charge < -0.3 is 19.5 Å². The van der Waals surface area contributed by atoms with Crippen molar-refractivity contribution in [2.24, 2.45) is 0 Å². The number of ether oxygens (including phenoxy) is 2. The van der Waals surface area contributed by atoms with Crippen molar-refractivity contribution in [3.63, 3.8) is 0 Å². The number of aryl methyl sites for hydroxylation is 1. The first-order valence-corrected chi connectivity index (χ1v) is 11.4. The molecule has 3 rings (SSSR count). The molecule has 1 heterocycles. The fourth-order valence-corrected chi connectivity index (χ4v) is 4.57. The molecule has 1 unspecified atom stereocenters. The molecule has 0 saturated carbocycles. The molecule has 33 heavy (non-hydrogen) atoms. The van der Waals surface area contributed by atoms with Crippen molar-refractivity contribution in [1.29, 1.82) is 0 Å². The fourth-order valence-electron chi connectivity index (χ4n) is 3.93. The van der Waals surface area contributed by atoms with E-state index in [9.17, 15) is 14.7 Å². The topological polar surface area (TPSA) is 76.1 Å². The highest BCUT2D eigenvalue weighted by Gasteiger charge is 2.46. The summed E-state index contributed by atoms with van der Waals surface area (Å²) >= 11 is 12.5. The van der Waals surface area contributed by atoms with E-state index in [1.165, 1.54) is 24.1 Å². The number of hydrogen-bond acceptors (Lipinski definition) is 5. The first-order chi connectivity index (χ1) is 15.7. The van der Waals surface area contributed by atoms with Gasteiger partial charge in [0.15, 0.2) is 5.75 Å². The molecule has 6 nitrogen and oxygen atoms in total. The van der Waals surface area contributed by atoms with E-state index >= 15 is 0 Å². The normalized spacial score (nSPS) is 17.8. The monoisotopic (exact) mass is 491 g/mol. The Morgan fingerprint density at radius 2 is 1.79 bits per heavy atom. The zero-order valence-corrected chi connectivity index (χ0v) is 20.5. The highest BCUT2D eigenvalue weighted by atomic mass is 35.5. The first-order valence-electron chi connectivity index (χ1n) is 10.7. The number of rotatable bonds is 8. The number of hydrogen-bond donors (Lipinski definition) is 1. The van der Waals surface area contributed by atoms with E-state index in [1.54, 1.807) is 0 Å². The van der Waals surface area contributed by atoms with Crippen LogP contribution >= 0.6 is 23.2 Å². The van der Waals surface area contributed by atoms with Gasteiger partial charge in [-0.2, -0.15) is 0 Å². The Labute approximate surface area is 203 Å². The zero-order valence-electron chi connectivity index (χ0n) is 19.0. The molecule has 176 valence electrons. The Morgan fingerprint density at radius 3 is 2.36 bits per heavy atom. The number of Topliss-reactive ketones (excluding diaryl/α,β-unsaturated/α-hetero) is 1. The number of ketones is 1. The summed E-state index contributed by atoms with van der Waals surface area (Å²) in [5, 5.41) is 11.6. The Bertz CT molecular complexity index is 1070. The number of amides is 1. The number of halogens is 2. The van der Waals surface area contributed by atoms with Crippen molar-refractivity contribution in [1.82, 2.24) is 4.90 Å². The summed E-state index contributed by atoms with van der Waals surface area (Å²) < 4.78 is 10.8. The summed E-state index contributed by atoms with van der Waals surface area (Å²) in [6, 6.07) is 9.64. The van der Waals surface area contributed by atoms with Crippen molar-refractivity contribution < 1.29 is 24.2 Å². The Balaban J connectivity index is 2.11. The second-order valence-corrected chi connectivity index (χ2v) is 8.91. The lowest BCUT2D eigenvalue weighted by molar-refractivity contribution is -0.140. The van der Waals surface area contributed by atoms with Gasteiger partial charge in [-0.25, -0.2) is 0 Å². The minimum absolute atomic E-state index is 0.00335. The molecule has 2 aromatic carbocycles. The van der Waals surface area contributed by atoms with Crippen LogP contribution in [0.5, 0.6) is 5.75 Å². The molecule has 0 bridgehead atoms. The molecular weight excluding hydrogens is 465 g/mol. The molecule has 0 radical (unpaired) electrons. The minimum atomic E-state index is -0.756. The van der Waals surface area contributed by atoms with Crippen LogP contribution in [0.1, 0.15) is 43.0 Å². The van der Waals surface area contributed by atoms with Crippen LogP contribution < -0.4 is 4.74 Å². The van der Waals surface area contributed by atoms with Crippen molar-refractivity contribution in [3.8, 4) is 5.75 Å². The zero-order chi connectivity index (χ0) is 24.3. The third-order valence-corrected chi connectivity index (χ3v) is 6.05. The quantitative estimate of drug-likeness (QED) is 0.227. The summed E-state index contributed by atoms with van der Waals surface area (Å²) in [5.41, 5.74) is 1.88. The molecule has 1 saturated heterocycles. The molecule has 1 fully saturated rings. The summed E-state index contributed by atoms with van der Waals surface area (Å²) in [6.45, 7) is 6.52. The third-order valence-electron chi connectivity index (χ3n) is 5.49. The second kappa shape index (κ2) is 10.6. The largest absolute Gasteiger partial charge is 0.507 e. The van der Waals surface area contributed by atoms with E-state index < -0.39 is 17.7 Å². The van der Waals surface area contributed by atoms with Crippen molar-refractivity contribution in [2.45, 2.75) is 39.3 Å². The molecule has 0 aromatic heterocycles. The number of methoxy groups -OCH3 is 1. The molecule has 1 aliphatic rings. The van der Waals surface area contributed by atoms with Crippen LogP contribution in [0.4, 0.5) is 0 Å². The molecule has 0 aliphatic carbocycles. The van der Waals surface area contributed by atoms with Gasteiger partial charge in [0, 0.05) is 18.7 Å². The van der Waals surface area contributed by atoms with Gasteiger partial charge in [0.2, 0.25) is 0 Å². The minimum Gasteiger partial charge on any atom is -0.507 e. The van der Waals surface area contributed by atoms with Crippen LogP contribution in [0.15, 0.2) is 42.0 Å². The molecule has 2 aromatic rings. The van der Waals surface area contributed by atoms with E-state index in [4.69, 9.17) is 32.7 Å². The Hall–Kier alpha value is -2.54. The maximum absolute atomic E-state index is 13.1. The highest BCUT2D eigenvalue weighted by Crippen LogP contribution is 2.42. The number of benzene rings is 2. The lowest BCUT2D eigenvalue weighted by atomic mass is 9.92. The summed E-state index contributed by atoms with van der Waals surface area (Å²) in [5.74, 6) is -1.50. The Morgan fingerprint density at radius 1 is 1.15 bits per heavy atom. The predicted molar refractivity (Wildman–Crippen MR) is 129 cm³/mol. The van der Waals surface area contributed by atoms with Crippen molar-refractivity contribution in [2.75, 3.05) is 20.3 Å². The number of likely N-dealkylation sites (tertiary alicyclic amines) is 1. The van der Waals surface area contributed by atoms with Gasteiger partial charge in [-0.1, -0.05) is 47.5 Å². The summed E-state index contributed by atoms with van der Waals surface area (Å²) in [4.78, 5) is 27.6. The number of nitrogens with zero attached hydrogens (tertiary/aromatic N) is 1. The van der Waals surface area contributed by atoms with Crippen LogP contribution in [0.25, 0.3) is 5.76 Å². The van der Waals surface area contributed by atoms with Crippen molar-refractivity contribution in [3.05, 3.63) is 68.7 Å². The van der Waals surface area contributed by atoms with Gasteiger partial charge in [0.25, 0.3) is 11.7 Å². The number of aliphatic hydroxyl groups excluding tert-OH is 1. The lowest BCUT2D eigenvalue weighted by Crippen LogP contribution is -2.31. The van der Waals surface area contributed by atoms with Gasteiger partial charge >= 0.3 is 0 Å². The maximum Gasteiger partial charge on any atom is 0.295 e. The first kappa shape index (κ1) is 25.1. The lowest BCUT2D eigenvalue weighted by Gasteiger charge is -2.26. The van der Waals surface area contributed by atoms with Gasteiger partial charge in [0.1, 0.15) is 5.76 Å². The fraction of sp³-hybridized carbons (Fsp3) is 0.360. The number of aliphatic hydroxyl groups is 1. The van der Waals surface area contributed by atoms with Crippen LogP contribution in [0.2, 0.25) is 10.0 Å². The molecule has 0 spiro atoms. The van der Waals surface area contributed by atoms with Crippen LogP contribution in [0.3, 0.4) is 0 Å². The SMILES string of the molecule is COc1c(Cl)cc(/C(O)=C2\C(=O)C(=O)N(CCCOC(C)C)C2c2ccccc2C)cc1Cl. The van der Waals surface area contributed by atoms with Gasteiger partial charge in [0.05, 0.1) is 34.9 Å². The molecular formula is C25H27Cl2NO5. The number of carbonyl (C=O) groups is 2. The van der Waals surface area contributed by atoms with Crippen LogP contribution in [-0.4, -0.2) is 48.1 Å². The summed E-state index contributed by atoms with van der Waals surface area (Å²) in [6.07, 6.45) is 0.616. The smallest absolute Gasteiger partial charge is 0.295 e. The molecule has 1 N–H and O–H groups in total. The third kappa shape index (κ3) is 5.18. The van der Waals surface area contributed by atoms with Crippen LogP contribution in [-0.2, 0) is 14.3 Å². The van der Waals surface area contributed by atoms with E-state index in [0.29, 0.717) is 19.6 Å². The van der Waals surface area contributed by atoms with Crippen molar-refractivity contribution >= 4 is 40.7 Å². The molecule has 1 amide bonds. The van der Waals surface area contributed by atoms with E-state index in [1.807, 2.05) is 45.0 Å². The van der Waals surface area contributed by atoms with Gasteiger partial charge in [-0.3, -0.25) is 9.59 Å². The maximum atomic E-state index is 13.1. The average molecular weight is 492 g/mol. The Kier molecular flexibility index (Phi) is 8.05. The highest BCUT2D eigenvalue weighted by molar-refractivity contribution is 6.46. The summed E-state index contributed by atoms with van der Waals surface area (Å²) in [7, 11) is 1.43. The predicted octanol–water partition coefficient (Wildman–Crippen LogP) is 5.55.